The average molecular weight is 658 g/mol. The number of nitrogens with zero attached hydrogens (tertiary/aromatic N) is 6. The highest BCUT2D eigenvalue weighted by Gasteiger charge is 2.29. The third kappa shape index (κ3) is 7.30. The van der Waals surface area contributed by atoms with E-state index >= 15 is 0 Å². The molecule has 1 aliphatic rings. The third-order valence-corrected chi connectivity index (χ3v) is 7.82. The molecule has 5 rings (SSSR count). The van der Waals surface area contributed by atoms with Gasteiger partial charge >= 0.3 is 17.2 Å². The van der Waals surface area contributed by atoms with E-state index in [-0.39, 0.29) is 45.8 Å². The summed E-state index contributed by atoms with van der Waals surface area (Å²) in [5.74, 6) is -0.677. The summed E-state index contributed by atoms with van der Waals surface area (Å²) in [4.78, 5) is 36.5. The second-order valence-corrected chi connectivity index (χ2v) is 13.0. The Bertz CT molecular complexity index is 1990. The van der Waals surface area contributed by atoms with Crippen molar-refractivity contribution in [2.24, 2.45) is 10.1 Å². The number of aromatic carboxylic acids is 1. The molecule has 0 bridgehead atoms. The maximum Gasteiger partial charge on any atom is 0.335 e. The lowest BCUT2D eigenvalue weighted by molar-refractivity contribution is -0.117. The molecule has 0 aliphatic carbocycles. The zero-order chi connectivity index (χ0) is 34.2. The molecule has 0 spiro atoms. The van der Waals surface area contributed by atoms with Gasteiger partial charge in [0.1, 0.15) is 5.75 Å². The van der Waals surface area contributed by atoms with Crippen molar-refractivity contribution in [3.8, 4) is 17.1 Å². The SMILES string of the molecule is CC(=O)NC1=Nn2nc(-c3cc(NS(=O)Oc4cc(C(C)(C)C)ccc4C)cc(C(=O)O)c3)nc2C1=Nc1ccc(N)cc1N(C)C. The van der Waals surface area contributed by atoms with E-state index in [4.69, 9.17) is 14.9 Å². The van der Waals surface area contributed by atoms with E-state index in [1.807, 2.05) is 44.1 Å². The van der Waals surface area contributed by atoms with Crippen molar-refractivity contribution >= 4 is 57.4 Å². The Morgan fingerprint density at radius 1 is 1.09 bits per heavy atom. The Morgan fingerprint density at radius 2 is 1.83 bits per heavy atom. The van der Waals surface area contributed by atoms with Gasteiger partial charge in [0.15, 0.2) is 17.4 Å². The van der Waals surface area contributed by atoms with Gasteiger partial charge in [-0.15, -0.1) is 15.0 Å². The van der Waals surface area contributed by atoms with Crippen molar-refractivity contribution in [3.63, 3.8) is 0 Å². The van der Waals surface area contributed by atoms with E-state index in [0.717, 1.165) is 16.8 Å². The lowest BCUT2D eigenvalue weighted by Gasteiger charge is -2.20. The fourth-order valence-electron chi connectivity index (χ4n) is 4.65. The highest BCUT2D eigenvalue weighted by atomic mass is 32.2. The van der Waals surface area contributed by atoms with Crippen LogP contribution in [0.3, 0.4) is 0 Å². The van der Waals surface area contributed by atoms with Crippen LogP contribution in [0.5, 0.6) is 5.75 Å². The number of rotatable bonds is 8. The van der Waals surface area contributed by atoms with Crippen molar-refractivity contribution in [2.45, 2.75) is 40.0 Å². The summed E-state index contributed by atoms with van der Waals surface area (Å²) in [6.45, 7) is 9.38. The van der Waals surface area contributed by atoms with E-state index in [2.05, 4.69) is 46.0 Å². The number of nitrogens with two attached hydrogens (primary N) is 1. The van der Waals surface area contributed by atoms with Gasteiger partial charge < -0.3 is 25.2 Å². The average Bonchev–Trinajstić information content (AvgIpc) is 3.52. The summed E-state index contributed by atoms with van der Waals surface area (Å²) in [7, 11) is 3.69. The zero-order valence-corrected chi connectivity index (χ0v) is 27.8. The van der Waals surface area contributed by atoms with Crippen molar-refractivity contribution in [1.29, 1.82) is 0 Å². The lowest BCUT2D eigenvalue weighted by atomic mass is 9.86. The summed E-state index contributed by atoms with van der Waals surface area (Å²) < 4.78 is 21.6. The number of carbonyl (C=O) groups excluding carboxylic acids is 1. The van der Waals surface area contributed by atoms with Crippen molar-refractivity contribution in [3.05, 3.63) is 77.1 Å². The number of hydrogen-bond donors (Lipinski definition) is 4. The molecule has 0 radical (unpaired) electrons. The predicted octanol–water partition coefficient (Wildman–Crippen LogP) is 4.40. The third-order valence-electron chi connectivity index (χ3n) is 7.09. The maximum absolute atomic E-state index is 13.1. The van der Waals surface area contributed by atoms with E-state index in [1.165, 1.54) is 23.8 Å². The van der Waals surface area contributed by atoms with Crippen LogP contribution in [-0.4, -0.2) is 61.7 Å². The molecule has 1 unspecified atom stereocenters. The van der Waals surface area contributed by atoms with Crippen LogP contribution in [-0.2, 0) is 21.5 Å². The van der Waals surface area contributed by atoms with Gasteiger partial charge in [-0.2, -0.15) is 4.21 Å². The van der Waals surface area contributed by atoms with Crippen LogP contribution >= 0.6 is 0 Å². The minimum absolute atomic E-state index is 0.100. The number of amidine groups is 1. The standard InChI is InChI=1S/C32H35N9O5S/c1-17-8-9-21(32(3,4)5)15-26(17)46-47(45)39-23-13-19(12-20(14-23)31(43)44)28-36-30-27(29(34-18(2)42)38-41(30)37-28)35-24-11-10-22(33)16-25(24)40(6)7/h8-16,39H,33H2,1-7H3,(H,43,44)(H,34,38,42). The van der Waals surface area contributed by atoms with Crippen LogP contribution in [0.25, 0.3) is 11.4 Å². The van der Waals surface area contributed by atoms with Crippen molar-refractivity contribution in [1.82, 2.24) is 20.2 Å². The molecule has 14 nitrogen and oxygen atoms in total. The second kappa shape index (κ2) is 12.7. The number of nitrogen functional groups attached to an aromatic ring is 1. The molecule has 1 aliphatic heterocycles. The Balaban J connectivity index is 1.51. The number of aliphatic imine (C=N–C) groups is 1. The number of fused-ring (bicyclic) bond motifs is 1. The molecule has 4 aromatic rings. The number of carbonyl (C=O) groups is 2. The van der Waals surface area contributed by atoms with Crippen LogP contribution in [0.4, 0.5) is 22.7 Å². The minimum Gasteiger partial charge on any atom is -0.478 e. The summed E-state index contributed by atoms with van der Waals surface area (Å²) in [6, 6.07) is 15.2. The van der Waals surface area contributed by atoms with Crippen molar-refractivity contribution in [2.75, 3.05) is 29.5 Å². The molecule has 0 saturated heterocycles. The fourth-order valence-corrected chi connectivity index (χ4v) is 5.35. The van der Waals surface area contributed by atoms with Gasteiger partial charge in [-0.1, -0.05) is 32.9 Å². The normalized spacial score (nSPS) is 13.9. The van der Waals surface area contributed by atoms with Gasteiger partial charge in [-0.25, -0.2) is 14.8 Å². The minimum atomic E-state index is -2.07. The number of aromatic nitrogens is 3. The molecule has 5 N–H and O–H groups in total. The Morgan fingerprint density at radius 3 is 2.49 bits per heavy atom. The second-order valence-electron chi connectivity index (χ2n) is 12.1. The Kier molecular flexibility index (Phi) is 8.85. The largest absolute Gasteiger partial charge is 0.478 e. The van der Waals surface area contributed by atoms with Gasteiger partial charge in [-0.05, 0) is 65.9 Å². The molecule has 47 heavy (non-hydrogen) atoms. The number of aryl methyl sites for hydroxylation is 1. The molecule has 244 valence electrons. The first-order valence-corrected chi connectivity index (χ1v) is 15.5. The Hall–Kier alpha value is -5.57. The van der Waals surface area contributed by atoms with Gasteiger partial charge in [0.2, 0.25) is 11.7 Å². The molecule has 0 fully saturated rings. The van der Waals surface area contributed by atoms with Gasteiger partial charge in [0.25, 0.3) is 0 Å². The lowest BCUT2D eigenvalue weighted by Crippen LogP contribution is -2.33. The Labute approximate surface area is 274 Å². The zero-order valence-electron chi connectivity index (χ0n) is 26.9. The first-order chi connectivity index (χ1) is 22.1. The summed E-state index contributed by atoms with van der Waals surface area (Å²) in [6.07, 6.45) is 0. The summed E-state index contributed by atoms with van der Waals surface area (Å²) in [5.41, 5.74) is 10.1. The quantitative estimate of drug-likeness (QED) is 0.199. The molecule has 3 aromatic carbocycles. The highest BCUT2D eigenvalue weighted by Crippen LogP contribution is 2.32. The number of anilines is 3. The molecular formula is C32H35N9O5S. The molecule has 1 aromatic heterocycles. The number of carboxylic acids is 1. The molecule has 1 amide bonds. The van der Waals surface area contributed by atoms with Crippen LogP contribution in [0, 0.1) is 6.92 Å². The number of hydrogen-bond acceptors (Lipinski definition) is 10. The van der Waals surface area contributed by atoms with Gasteiger partial charge in [0.05, 0.1) is 22.6 Å². The van der Waals surface area contributed by atoms with Gasteiger partial charge in [-0.3, -0.25) is 9.52 Å². The van der Waals surface area contributed by atoms with E-state index in [0.29, 0.717) is 22.7 Å². The fraction of sp³-hybridized carbons (Fsp3) is 0.250. The van der Waals surface area contributed by atoms with Crippen LogP contribution in [0.2, 0.25) is 0 Å². The van der Waals surface area contributed by atoms with Gasteiger partial charge in [0, 0.05) is 32.3 Å². The topological polar surface area (TPSA) is 189 Å². The number of amides is 1. The molecule has 15 heteroatoms. The molecular weight excluding hydrogens is 622 g/mol. The first-order valence-electron chi connectivity index (χ1n) is 14.5. The molecule has 0 saturated carbocycles. The number of nitrogens with one attached hydrogen (secondary N) is 2. The summed E-state index contributed by atoms with van der Waals surface area (Å²) in [5, 5.41) is 21.3. The van der Waals surface area contributed by atoms with E-state index in [1.54, 1.807) is 24.3 Å². The maximum atomic E-state index is 13.1. The summed E-state index contributed by atoms with van der Waals surface area (Å²) >= 11 is -2.07. The predicted molar refractivity (Wildman–Crippen MR) is 183 cm³/mol. The van der Waals surface area contributed by atoms with Crippen molar-refractivity contribution < 1.29 is 23.1 Å². The van der Waals surface area contributed by atoms with Crippen LogP contribution < -0.4 is 24.9 Å². The molecule has 2 heterocycles. The van der Waals surface area contributed by atoms with E-state index < -0.39 is 17.2 Å². The highest BCUT2D eigenvalue weighted by molar-refractivity contribution is 7.82. The smallest absolute Gasteiger partial charge is 0.335 e. The first kappa shape index (κ1) is 32.8. The molecule has 1 atom stereocenters. The number of carboxylic acid groups (broad SMARTS) is 1. The van der Waals surface area contributed by atoms with E-state index in [9.17, 15) is 18.9 Å². The number of benzene rings is 3. The van der Waals surface area contributed by atoms with Crippen LogP contribution in [0.15, 0.2) is 64.7 Å². The van der Waals surface area contributed by atoms with Crippen LogP contribution in [0.1, 0.15) is 55.0 Å². The monoisotopic (exact) mass is 657 g/mol.